The van der Waals surface area contributed by atoms with E-state index >= 15 is 0 Å². The van der Waals surface area contributed by atoms with Gasteiger partial charge in [0.2, 0.25) is 0 Å². The Morgan fingerprint density at radius 1 is 0.750 bits per heavy atom. The second-order valence-corrected chi connectivity index (χ2v) is 7.13. The van der Waals surface area contributed by atoms with Crippen molar-refractivity contribution in [1.82, 2.24) is 0 Å². The maximum Gasteiger partial charge on any atom is -1.00 e. The molecule has 1 aliphatic carbocycles. The summed E-state index contributed by atoms with van der Waals surface area (Å²) >= 11 is 2.36. The quantitative estimate of drug-likeness (QED) is 0.457. The molecule has 0 bridgehead atoms. The van der Waals surface area contributed by atoms with Gasteiger partial charge in [-0.3, -0.25) is 0 Å². The van der Waals surface area contributed by atoms with E-state index in [2.05, 4.69) is 107 Å². The normalized spacial score (nSPS) is 18.7. The molecule has 0 spiro atoms. The molecule has 0 heterocycles. The van der Waals surface area contributed by atoms with Gasteiger partial charge >= 0.3 is 139 Å². The minimum Gasteiger partial charge on any atom is -1.00 e. The van der Waals surface area contributed by atoms with Crippen LogP contribution in [-0.4, -0.2) is 0 Å². The molecule has 1 aliphatic rings. The summed E-state index contributed by atoms with van der Waals surface area (Å²) in [6.45, 7) is 4.45. The van der Waals surface area contributed by atoms with Gasteiger partial charge in [-0.15, -0.1) is 0 Å². The Kier molecular flexibility index (Phi) is 9.65. The van der Waals surface area contributed by atoms with Crippen LogP contribution in [0.1, 0.15) is 30.9 Å². The third-order valence-electron chi connectivity index (χ3n) is 4.27. The fraction of sp³-hybridized carbons (Fsp3) is 0.200. The van der Waals surface area contributed by atoms with Crippen molar-refractivity contribution in [2.24, 2.45) is 0 Å². The number of halogens is 3. The van der Waals surface area contributed by atoms with Crippen molar-refractivity contribution in [2.75, 3.05) is 0 Å². The van der Waals surface area contributed by atoms with Crippen molar-refractivity contribution in [2.45, 2.75) is 23.5 Å². The molecule has 0 N–H and O–H groups in total. The van der Waals surface area contributed by atoms with Crippen molar-refractivity contribution in [1.29, 1.82) is 0 Å². The van der Waals surface area contributed by atoms with Crippen LogP contribution in [0.2, 0.25) is 3.72 Å². The second-order valence-electron chi connectivity index (χ2n) is 5.84. The molecule has 0 saturated carbocycles. The molecule has 2 aromatic rings. The molecule has 0 nitrogen and oxygen atoms in total. The van der Waals surface area contributed by atoms with E-state index in [9.17, 15) is 0 Å². The van der Waals surface area contributed by atoms with Crippen molar-refractivity contribution in [3.63, 3.8) is 0 Å². The van der Waals surface area contributed by atoms with Crippen LogP contribution < -0.4 is 37.2 Å². The van der Waals surface area contributed by atoms with Gasteiger partial charge in [-0.1, -0.05) is 0 Å². The zero-order valence-corrected chi connectivity index (χ0v) is 17.5. The van der Waals surface area contributed by atoms with Gasteiger partial charge in [0.25, 0.3) is 0 Å². The minimum atomic E-state index is 0. The van der Waals surface area contributed by atoms with E-state index in [4.69, 9.17) is 0 Å². The number of allylic oxidation sites excluding steroid dienone is 4. The van der Waals surface area contributed by atoms with Gasteiger partial charge < -0.3 is 37.2 Å². The van der Waals surface area contributed by atoms with Crippen LogP contribution in [0.25, 0.3) is 0 Å². The number of hydrogen-bond acceptors (Lipinski definition) is 0. The summed E-state index contributed by atoms with van der Waals surface area (Å²) in [5, 5.41) is 0. The van der Waals surface area contributed by atoms with E-state index in [1.807, 2.05) is 0 Å². The zero-order chi connectivity index (χ0) is 14.9. The van der Waals surface area contributed by atoms with Crippen LogP contribution >= 0.6 is 0 Å². The molecule has 1 unspecified atom stereocenters. The standard InChI is InChI=1S/C20H19.3ClH.Ti/c1-15-13-16(2)19(14-15)20(17-9-5-3-6-10-17)18-11-7-4-8-12-18;;;;/h3-14,20H,1-2H3;3*1H;/q;;;;+3/p-3. The van der Waals surface area contributed by atoms with E-state index in [0.29, 0.717) is 5.92 Å². The van der Waals surface area contributed by atoms with Crippen molar-refractivity contribution in [3.8, 4) is 0 Å². The Morgan fingerprint density at radius 3 is 1.50 bits per heavy atom. The molecule has 0 saturated heterocycles. The van der Waals surface area contributed by atoms with Gasteiger partial charge in [-0.2, -0.15) is 0 Å². The van der Waals surface area contributed by atoms with Crippen molar-refractivity contribution < 1.29 is 57.7 Å². The zero-order valence-electron chi connectivity index (χ0n) is 13.6. The fourth-order valence-corrected chi connectivity index (χ4v) is 4.28. The van der Waals surface area contributed by atoms with E-state index in [-0.39, 0.29) is 40.9 Å². The molecule has 1 atom stereocenters. The monoisotopic (exact) mass is 412 g/mol. The molecule has 0 aliphatic heterocycles. The number of rotatable bonds is 3. The van der Waals surface area contributed by atoms with E-state index in [1.54, 1.807) is 0 Å². The third kappa shape index (κ3) is 4.56. The SMILES string of the molecule is CC1=C[C]([Ti+3])(C(c2ccccc2)c2ccccc2)C(C)=C1.[Cl-].[Cl-].[Cl-]. The molecule has 124 valence electrons. The van der Waals surface area contributed by atoms with Crippen LogP contribution in [-0.2, 0) is 20.4 Å². The number of hydrogen-bond donors (Lipinski definition) is 0. The Morgan fingerprint density at radius 2 is 1.17 bits per heavy atom. The number of benzene rings is 2. The Hall–Kier alpha value is -0.496. The van der Waals surface area contributed by atoms with Crippen LogP contribution in [0.3, 0.4) is 0 Å². The summed E-state index contributed by atoms with van der Waals surface area (Å²) in [4.78, 5) is 0. The molecular formula is C20H19Cl3Ti. The molecule has 0 amide bonds. The molecule has 3 rings (SSSR count). The maximum absolute atomic E-state index is 2.42. The molecule has 0 radical (unpaired) electrons. The van der Waals surface area contributed by atoms with Crippen molar-refractivity contribution >= 4 is 0 Å². The molecule has 4 heteroatoms. The average molecular weight is 414 g/mol. The first-order chi connectivity index (χ1) is 10.1. The largest absolute Gasteiger partial charge is 1.00 e. The molecular weight excluding hydrogens is 394 g/mol. The van der Waals surface area contributed by atoms with Crippen LogP contribution in [0.5, 0.6) is 0 Å². The van der Waals surface area contributed by atoms with Gasteiger partial charge in [0.05, 0.1) is 0 Å². The van der Waals surface area contributed by atoms with Crippen LogP contribution in [0.15, 0.2) is 84.0 Å². The average Bonchev–Trinajstić information content (AvgIpc) is 2.75. The predicted molar refractivity (Wildman–Crippen MR) is 84.9 cm³/mol. The first-order valence-corrected chi connectivity index (χ1v) is 8.12. The fourth-order valence-electron chi connectivity index (χ4n) is 3.30. The predicted octanol–water partition coefficient (Wildman–Crippen LogP) is -3.56. The molecule has 2 aromatic carbocycles. The maximum atomic E-state index is 2.42. The summed E-state index contributed by atoms with van der Waals surface area (Å²) in [7, 11) is 0. The van der Waals surface area contributed by atoms with Crippen LogP contribution in [0.4, 0.5) is 0 Å². The first-order valence-electron chi connectivity index (χ1n) is 7.34. The molecule has 0 aromatic heterocycles. The second kappa shape index (κ2) is 9.85. The smallest absolute Gasteiger partial charge is 1.00 e. The summed E-state index contributed by atoms with van der Waals surface area (Å²) in [6, 6.07) is 21.7. The van der Waals surface area contributed by atoms with E-state index in [1.165, 1.54) is 22.3 Å². The minimum absolute atomic E-state index is 0. The van der Waals surface area contributed by atoms with Crippen LogP contribution in [0, 0.1) is 0 Å². The molecule has 0 fully saturated rings. The summed E-state index contributed by atoms with van der Waals surface area (Å²) in [6.07, 6.45) is 4.74. The van der Waals surface area contributed by atoms with Crippen molar-refractivity contribution in [3.05, 3.63) is 95.1 Å². The van der Waals surface area contributed by atoms with E-state index in [0.717, 1.165) is 0 Å². The van der Waals surface area contributed by atoms with Gasteiger partial charge in [-0.25, -0.2) is 0 Å². The molecule has 24 heavy (non-hydrogen) atoms. The Labute approximate surface area is 175 Å². The van der Waals surface area contributed by atoms with Gasteiger partial charge in [0.15, 0.2) is 0 Å². The van der Waals surface area contributed by atoms with Gasteiger partial charge in [-0.05, 0) is 0 Å². The summed E-state index contributed by atoms with van der Waals surface area (Å²) < 4.78 is 0.0484. The Balaban J connectivity index is 0.00000176. The van der Waals surface area contributed by atoms with Gasteiger partial charge in [0, 0.05) is 0 Å². The summed E-state index contributed by atoms with van der Waals surface area (Å²) in [5.41, 5.74) is 5.57. The van der Waals surface area contributed by atoms with E-state index < -0.39 is 0 Å². The first kappa shape index (κ1) is 23.5. The topological polar surface area (TPSA) is 0 Å². The van der Waals surface area contributed by atoms with Gasteiger partial charge in [0.1, 0.15) is 0 Å². The Bertz CT molecular complexity index is 656. The third-order valence-corrected chi connectivity index (χ3v) is 5.57. The summed E-state index contributed by atoms with van der Waals surface area (Å²) in [5.74, 6) is 0.355.